The molecule has 3 N–H and O–H groups in total. The summed E-state index contributed by atoms with van der Waals surface area (Å²) in [6.45, 7) is 0. The Labute approximate surface area is 102 Å². The maximum Gasteiger partial charge on any atom is 0.168 e. The van der Waals surface area contributed by atoms with E-state index >= 15 is 0 Å². The maximum atomic E-state index is 5.38. The number of thiocarbonyl (C=S) groups is 1. The van der Waals surface area contributed by atoms with Gasteiger partial charge in [0.1, 0.15) is 0 Å². The Morgan fingerprint density at radius 1 is 1.33 bits per heavy atom. The van der Waals surface area contributed by atoms with Crippen molar-refractivity contribution in [2.24, 2.45) is 5.73 Å². The standard InChI is InChI=1S/C9H11BrN2O2S/c1-13-7-3-5(10)6(12-9(11)15)4-8(7)14-2/h3-4H,1-2H3,(H3,11,12,15). The predicted octanol–water partition coefficient (Wildman–Crippen LogP) is 2.12. The van der Waals surface area contributed by atoms with Crippen LogP contribution in [0.25, 0.3) is 0 Å². The van der Waals surface area contributed by atoms with Crippen molar-refractivity contribution in [1.82, 2.24) is 0 Å². The lowest BCUT2D eigenvalue weighted by Crippen LogP contribution is -2.19. The predicted molar refractivity (Wildman–Crippen MR) is 67.7 cm³/mol. The Morgan fingerprint density at radius 2 is 1.87 bits per heavy atom. The molecule has 1 rings (SSSR count). The molecule has 0 atom stereocenters. The van der Waals surface area contributed by atoms with Gasteiger partial charge in [-0.2, -0.15) is 0 Å². The van der Waals surface area contributed by atoms with Crippen molar-refractivity contribution in [2.45, 2.75) is 0 Å². The van der Waals surface area contributed by atoms with Gasteiger partial charge in [-0.15, -0.1) is 0 Å². The fourth-order valence-electron chi connectivity index (χ4n) is 1.08. The van der Waals surface area contributed by atoms with Gasteiger partial charge in [0.25, 0.3) is 0 Å². The van der Waals surface area contributed by atoms with Gasteiger partial charge in [0.05, 0.1) is 19.9 Å². The van der Waals surface area contributed by atoms with E-state index in [2.05, 4.69) is 21.2 Å². The summed E-state index contributed by atoms with van der Waals surface area (Å²) in [7, 11) is 3.14. The lowest BCUT2D eigenvalue weighted by Gasteiger charge is -2.12. The number of hydrogen-bond donors (Lipinski definition) is 2. The van der Waals surface area contributed by atoms with E-state index in [-0.39, 0.29) is 5.11 Å². The molecule has 0 heterocycles. The SMILES string of the molecule is COc1cc(Br)c(NC(N)=S)cc1OC. The summed E-state index contributed by atoms with van der Waals surface area (Å²) in [6, 6.07) is 3.53. The second-order valence-electron chi connectivity index (χ2n) is 2.68. The summed E-state index contributed by atoms with van der Waals surface area (Å²) >= 11 is 8.12. The molecule has 0 fully saturated rings. The van der Waals surface area contributed by atoms with E-state index in [1.165, 1.54) is 0 Å². The molecule has 0 amide bonds. The second-order valence-corrected chi connectivity index (χ2v) is 3.97. The topological polar surface area (TPSA) is 56.5 Å². The van der Waals surface area contributed by atoms with Crippen LogP contribution in [0, 0.1) is 0 Å². The fourth-order valence-corrected chi connectivity index (χ4v) is 1.61. The molecule has 0 unspecified atom stereocenters. The molecule has 0 aliphatic carbocycles. The number of ether oxygens (including phenoxy) is 2. The highest BCUT2D eigenvalue weighted by molar-refractivity contribution is 9.10. The number of nitrogens with two attached hydrogens (primary N) is 1. The van der Waals surface area contributed by atoms with Crippen LogP contribution in [0.2, 0.25) is 0 Å². The Morgan fingerprint density at radius 3 is 2.33 bits per heavy atom. The molecule has 0 aliphatic rings. The molecule has 1 aromatic carbocycles. The minimum Gasteiger partial charge on any atom is -0.493 e. The summed E-state index contributed by atoms with van der Waals surface area (Å²) in [4.78, 5) is 0. The van der Waals surface area contributed by atoms with Crippen LogP contribution in [0.4, 0.5) is 5.69 Å². The van der Waals surface area contributed by atoms with Gasteiger partial charge in [0.2, 0.25) is 0 Å². The van der Waals surface area contributed by atoms with Gasteiger partial charge in [0, 0.05) is 16.6 Å². The first-order valence-electron chi connectivity index (χ1n) is 4.06. The van der Waals surface area contributed by atoms with Gasteiger partial charge in [-0.05, 0) is 28.1 Å². The molecule has 0 spiro atoms. The third kappa shape index (κ3) is 2.97. The first kappa shape index (κ1) is 12.1. The largest absolute Gasteiger partial charge is 0.493 e. The van der Waals surface area contributed by atoms with Crippen LogP contribution in [-0.4, -0.2) is 19.3 Å². The van der Waals surface area contributed by atoms with Crippen LogP contribution in [0.5, 0.6) is 11.5 Å². The number of nitrogens with one attached hydrogen (secondary N) is 1. The third-order valence-corrected chi connectivity index (χ3v) is 2.49. The van der Waals surface area contributed by atoms with Gasteiger partial charge in [-0.3, -0.25) is 0 Å². The zero-order chi connectivity index (χ0) is 11.4. The molecule has 82 valence electrons. The van der Waals surface area contributed by atoms with Gasteiger partial charge in [-0.1, -0.05) is 0 Å². The zero-order valence-corrected chi connectivity index (χ0v) is 10.7. The molecule has 6 heteroatoms. The number of anilines is 1. The highest BCUT2D eigenvalue weighted by Gasteiger charge is 2.09. The summed E-state index contributed by atoms with van der Waals surface area (Å²) in [6.07, 6.45) is 0. The Hall–Kier alpha value is -1.01. The molecule has 0 aliphatic heterocycles. The Balaban J connectivity index is 3.13. The molecule has 15 heavy (non-hydrogen) atoms. The Kier molecular flexibility index (Phi) is 4.16. The highest BCUT2D eigenvalue weighted by Crippen LogP contribution is 2.36. The molecule has 0 saturated carbocycles. The van der Waals surface area contributed by atoms with Gasteiger partial charge in [0.15, 0.2) is 16.6 Å². The van der Waals surface area contributed by atoms with E-state index in [1.54, 1.807) is 26.4 Å². The lowest BCUT2D eigenvalue weighted by molar-refractivity contribution is 0.355. The van der Waals surface area contributed by atoms with Crippen molar-refractivity contribution in [3.05, 3.63) is 16.6 Å². The highest BCUT2D eigenvalue weighted by atomic mass is 79.9. The molecular formula is C9H11BrN2O2S. The summed E-state index contributed by atoms with van der Waals surface area (Å²) in [5.74, 6) is 1.25. The number of benzene rings is 1. The van der Waals surface area contributed by atoms with Crippen LogP contribution in [0.3, 0.4) is 0 Å². The van der Waals surface area contributed by atoms with E-state index in [1.807, 2.05) is 0 Å². The smallest absolute Gasteiger partial charge is 0.168 e. The molecule has 0 radical (unpaired) electrons. The number of hydrogen-bond acceptors (Lipinski definition) is 3. The van der Waals surface area contributed by atoms with Crippen molar-refractivity contribution in [3.8, 4) is 11.5 Å². The van der Waals surface area contributed by atoms with E-state index in [9.17, 15) is 0 Å². The van der Waals surface area contributed by atoms with Crippen LogP contribution in [0.15, 0.2) is 16.6 Å². The first-order chi connectivity index (χ1) is 7.08. The summed E-state index contributed by atoms with van der Waals surface area (Å²) in [5, 5.41) is 3.02. The number of halogens is 1. The van der Waals surface area contributed by atoms with E-state index in [0.29, 0.717) is 11.5 Å². The van der Waals surface area contributed by atoms with Crippen molar-refractivity contribution in [3.63, 3.8) is 0 Å². The third-order valence-electron chi connectivity index (χ3n) is 1.73. The monoisotopic (exact) mass is 290 g/mol. The molecule has 1 aromatic rings. The normalized spacial score (nSPS) is 9.53. The van der Waals surface area contributed by atoms with Crippen molar-refractivity contribution in [2.75, 3.05) is 19.5 Å². The minimum absolute atomic E-state index is 0.197. The van der Waals surface area contributed by atoms with E-state index in [0.717, 1.165) is 10.2 Å². The number of methoxy groups -OCH3 is 2. The lowest BCUT2D eigenvalue weighted by atomic mass is 10.3. The van der Waals surface area contributed by atoms with Crippen molar-refractivity contribution >= 4 is 38.9 Å². The summed E-state index contributed by atoms with van der Waals surface area (Å²) in [5.41, 5.74) is 6.12. The van der Waals surface area contributed by atoms with E-state index < -0.39 is 0 Å². The molecule has 0 saturated heterocycles. The number of rotatable bonds is 3. The average molecular weight is 291 g/mol. The molecule has 0 bridgehead atoms. The maximum absolute atomic E-state index is 5.38. The van der Waals surface area contributed by atoms with Crippen LogP contribution in [0.1, 0.15) is 0 Å². The first-order valence-corrected chi connectivity index (χ1v) is 5.26. The quantitative estimate of drug-likeness (QED) is 0.835. The van der Waals surface area contributed by atoms with E-state index in [4.69, 9.17) is 27.4 Å². The average Bonchev–Trinajstić information content (AvgIpc) is 2.19. The zero-order valence-electron chi connectivity index (χ0n) is 8.33. The van der Waals surface area contributed by atoms with Crippen LogP contribution >= 0.6 is 28.1 Å². The molecule has 4 nitrogen and oxygen atoms in total. The van der Waals surface area contributed by atoms with Gasteiger partial charge in [-0.25, -0.2) is 0 Å². The second kappa shape index (κ2) is 5.18. The summed E-state index contributed by atoms with van der Waals surface area (Å²) < 4.78 is 11.1. The Bertz CT molecular complexity index is 385. The van der Waals surface area contributed by atoms with Gasteiger partial charge >= 0.3 is 0 Å². The minimum atomic E-state index is 0.197. The fraction of sp³-hybridized carbons (Fsp3) is 0.222. The molecular weight excluding hydrogens is 280 g/mol. The van der Waals surface area contributed by atoms with Gasteiger partial charge < -0.3 is 20.5 Å². The van der Waals surface area contributed by atoms with Crippen molar-refractivity contribution in [1.29, 1.82) is 0 Å². The molecule has 0 aromatic heterocycles. The van der Waals surface area contributed by atoms with Crippen molar-refractivity contribution < 1.29 is 9.47 Å². The van der Waals surface area contributed by atoms with Crippen LogP contribution in [-0.2, 0) is 0 Å². The van der Waals surface area contributed by atoms with Crippen LogP contribution < -0.4 is 20.5 Å².